The third kappa shape index (κ3) is 2.49. The van der Waals surface area contributed by atoms with E-state index < -0.39 is 0 Å². The first-order valence-electron chi connectivity index (χ1n) is 6.94. The van der Waals surface area contributed by atoms with Crippen LogP contribution in [-0.2, 0) is 0 Å². The van der Waals surface area contributed by atoms with Gasteiger partial charge in [-0.25, -0.2) is 4.39 Å². The Morgan fingerprint density at radius 2 is 1.83 bits per heavy atom. The molecule has 2 heterocycles. The molecule has 7 heteroatoms. The third-order valence-electron chi connectivity index (χ3n) is 3.62. The maximum Gasteiger partial charge on any atom is 0.149 e. The lowest BCUT2D eigenvalue weighted by molar-refractivity contribution is 0.633. The van der Waals surface area contributed by atoms with E-state index in [-0.39, 0.29) is 5.82 Å². The molecule has 4 aromatic rings. The highest BCUT2D eigenvalue weighted by atomic mass is 32.2. The van der Waals surface area contributed by atoms with Crippen LogP contribution in [0.3, 0.4) is 0 Å². The Balaban J connectivity index is 1.83. The second-order valence-corrected chi connectivity index (χ2v) is 5.89. The van der Waals surface area contributed by atoms with Crippen LogP contribution in [-0.4, -0.2) is 26.7 Å². The molecule has 0 aliphatic rings. The van der Waals surface area contributed by atoms with Gasteiger partial charge in [-0.15, -0.1) is 11.8 Å². The summed E-state index contributed by atoms with van der Waals surface area (Å²) >= 11 is 1.65. The van der Waals surface area contributed by atoms with E-state index in [1.807, 2.05) is 30.5 Å². The molecule has 0 bridgehead atoms. The average molecular weight is 325 g/mol. The number of fused-ring (bicyclic) bond motifs is 2. The molecule has 0 atom stereocenters. The maximum atomic E-state index is 14.3. The maximum absolute atomic E-state index is 14.3. The molecule has 0 amide bonds. The van der Waals surface area contributed by atoms with E-state index in [9.17, 15) is 4.39 Å². The molecule has 5 nitrogen and oxygen atoms in total. The number of aromatic nitrogens is 4. The van der Waals surface area contributed by atoms with Gasteiger partial charge in [0, 0.05) is 28.2 Å². The molecule has 0 radical (unpaired) electrons. The standard InChI is InChI=1S/C16H12FN5S/c1-23-9-2-3-12-10(6-9)13(4-5-18-12)19-14-8-16-15(7-11(14)17)20-22-21-16/h2-8H,1H3,(H,18,19)(H,20,21,22). The molecule has 2 N–H and O–H groups in total. The average Bonchev–Trinajstić information content (AvgIpc) is 3.02. The van der Waals surface area contributed by atoms with E-state index >= 15 is 0 Å². The Bertz CT molecular complexity index is 1010. The number of hydrogen-bond donors (Lipinski definition) is 2. The van der Waals surface area contributed by atoms with Crippen LogP contribution in [0.2, 0.25) is 0 Å². The molecule has 0 spiro atoms. The summed E-state index contributed by atoms with van der Waals surface area (Å²) in [4.78, 5) is 5.48. The lowest BCUT2D eigenvalue weighted by Gasteiger charge is -2.11. The molecule has 2 aromatic heterocycles. The number of pyridine rings is 1. The van der Waals surface area contributed by atoms with Gasteiger partial charge in [-0.3, -0.25) is 4.98 Å². The zero-order valence-electron chi connectivity index (χ0n) is 12.2. The number of thioether (sulfide) groups is 1. The Morgan fingerprint density at radius 3 is 2.65 bits per heavy atom. The fourth-order valence-corrected chi connectivity index (χ4v) is 2.91. The molecule has 0 aliphatic carbocycles. The molecule has 0 unspecified atom stereocenters. The molecule has 23 heavy (non-hydrogen) atoms. The van der Waals surface area contributed by atoms with Gasteiger partial charge in [0.05, 0.1) is 11.2 Å². The number of nitrogens with one attached hydrogen (secondary N) is 2. The summed E-state index contributed by atoms with van der Waals surface area (Å²) in [5.74, 6) is -0.377. The highest BCUT2D eigenvalue weighted by Crippen LogP contribution is 2.30. The van der Waals surface area contributed by atoms with Gasteiger partial charge in [-0.2, -0.15) is 15.4 Å². The van der Waals surface area contributed by atoms with Crippen LogP contribution in [0.1, 0.15) is 0 Å². The van der Waals surface area contributed by atoms with E-state index in [1.54, 1.807) is 24.0 Å². The quantitative estimate of drug-likeness (QED) is 0.555. The van der Waals surface area contributed by atoms with E-state index in [1.165, 1.54) is 6.07 Å². The Labute approximate surface area is 135 Å². The van der Waals surface area contributed by atoms with Crippen molar-refractivity contribution < 1.29 is 4.39 Å². The number of benzene rings is 2. The fourth-order valence-electron chi connectivity index (χ4n) is 2.47. The summed E-state index contributed by atoms with van der Waals surface area (Å²) in [6, 6.07) is 10.9. The van der Waals surface area contributed by atoms with E-state index in [0.29, 0.717) is 16.7 Å². The summed E-state index contributed by atoms with van der Waals surface area (Å²) < 4.78 is 14.3. The van der Waals surface area contributed by atoms with Crippen LogP contribution in [0.25, 0.3) is 21.9 Å². The molecule has 0 fully saturated rings. The van der Waals surface area contributed by atoms with Crippen molar-refractivity contribution in [3.05, 3.63) is 48.4 Å². The van der Waals surface area contributed by atoms with Crippen molar-refractivity contribution >= 4 is 45.1 Å². The number of aromatic amines is 1. The summed E-state index contributed by atoms with van der Waals surface area (Å²) in [6.07, 6.45) is 3.72. The zero-order valence-corrected chi connectivity index (χ0v) is 13.0. The monoisotopic (exact) mass is 325 g/mol. The molecule has 0 saturated carbocycles. The van der Waals surface area contributed by atoms with Crippen molar-refractivity contribution in [1.82, 2.24) is 20.4 Å². The summed E-state index contributed by atoms with van der Waals surface area (Å²) in [7, 11) is 0. The first kappa shape index (κ1) is 14.0. The zero-order chi connectivity index (χ0) is 15.8. The van der Waals surface area contributed by atoms with E-state index in [4.69, 9.17) is 0 Å². The minimum atomic E-state index is -0.377. The van der Waals surface area contributed by atoms with Crippen molar-refractivity contribution in [2.24, 2.45) is 0 Å². The van der Waals surface area contributed by atoms with Crippen LogP contribution in [0.4, 0.5) is 15.8 Å². The highest BCUT2D eigenvalue weighted by Gasteiger charge is 2.10. The number of nitrogens with zero attached hydrogens (tertiary/aromatic N) is 3. The van der Waals surface area contributed by atoms with Gasteiger partial charge in [0.2, 0.25) is 0 Å². The molecule has 114 valence electrons. The van der Waals surface area contributed by atoms with Crippen molar-refractivity contribution in [2.75, 3.05) is 11.6 Å². The van der Waals surface area contributed by atoms with Crippen molar-refractivity contribution in [2.45, 2.75) is 4.90 Å². The van der Waals surface area contributed by atoms with Gasteiger partial charge in [0.25, 0.3) is 0 Å². The van der Waals surface area contributed by atoms with Crippen LogP contribution >= 0.6 is 11.8 Å². The summed E-state index contributed by atoms with van der Waals surface area (Å²) in [6.45, 7) is 0. The van der Waals surface area contributed by atoms with Crippen molar-refractivity contribution in [3.63, 3.8) is 0 Å². The highest BCUT2D eigenvalue weighted by molar-refractivity contribution is 7.98. The molecule has 2 aromatic carbocycles. The summed E-state index contributed by atoms with van der Waals surface area (Å²) in [5, 5.41) is 14.5. The van der Waals surface area contributed by atoms with Crippen LogP contribution in [0.15, 0.2) is 47.5 Å². The first-order valence-corrected chi connectivity index (χ1v) is 8.17. The van der Waals surface area contributed by atoms with Crippen molar-refractivity contribution in [1.29, 1.82) is 0 Å². The summed E-state index contributed by atoms with van der Waals surface area (Å²) in [5.41, 5.74) is 3.12. The molecule has 0 aliphatic heterocycles. The lowest BCUT2D eigenvalue weighted by Crippen LogP contribution is -1.96. The SMILES string of the molecule is CSc1ccc2nccc(Nc3cc4n[nH]nc4cc3F)c2c1. The molecule has 4 rings (SSSR count). The number of H-pyrrole nitrogens is 1. The second kappa shape index (κ2) is 5.51. The van der Waals surface area contributed by atoms with Gasteiger partial charge < -0.3 is 5.32 Å². The molecular weight excluding hydrogens is 313 g/mol. The molecule has 0 saturated heterocycles. The number of anilines is 2. The van der Waals surface area contributed by atoms with Gasteiger partial charge in [-0.1, -0.05) is 0 Å². The Morgan fingerprint density at radius 1 is 1.00 bits per heavy atom. The minimum Gasteiger partial charge on any atom is -0.352 e. The van der Waals surface area contributed by atoms with Gasteiger partial charge in [-0.05, 0) is 36.6 Å². The smallest absolute Gasteiger partial charge is 0.149 e. The van der Waals surface area contributed by atoms with Gasteiger partial charge >= 0.3 is 0 Å². The number of halogens is 1. The Hall–Kier alpha value is -2.67. The van der Waals surface area contributed by atoms with E-state index in [0.717, 1.165) is 21.5 Å². The van der Waals surface area contributed by atoms with Crippen LogP contribution in [0.5, 0.6) is 0 Å². The lowest BCUT2D eigenvalue weighted by atomic mass is 10.1. The second-order valence-electron chi connectivity index (χ2n) is 5.01. The minimum absolute atomic E-state index is 0.355. The Kier molecular flexibility index (Phi) is 3.34. The number of hydrogen-bond acceptors (Lipinski definition) is 5. The number of rotatable bonds is 3. The van der Waals surface area contributed by atoms with Crippen LogP contribution in [0, 0.1) is 5.82 Å². The van der Waals surface area contributed by atoms with Crippen molar-refractivity contribution in [3.8, 4) is 0 Å². The predicted molar refractivity (Wildman–Crippen MR) is 90.7 cm³/mol. The molecular formula is C16H12FN5S. The fraction of sp³-hybridized carbons (Fsp3) is 0.0625. The third-order valence-corrected chi connectivity index (χ3v) is 4.35. The first-order chi connectivity index (χ1) is 11.2. The van der Waals surface area contributed by atoms with Crippen LogP contribution < -0.4 is 5.32 Å². The predicted octanol–water partition coefficient (Wildman–Crippen LogP) is 4.11. The largest absolute Gasteiger partial charge is 0.352 e. The van der Waals surface area contributed by atoms with E-state index in [2.05, 4.69) is 25.7 Å². The normalized spacial score (nSPS) is 11.2. The van der Waals surface area contributed by atoms with Gasteiger partial charge in [0.1, 0.15) is 16.9 Å². The van der Waals surface area contributed by atoms with Gasteiger partial charge in [0.15, 0.2) is 0 Å². The topological polar surface area (TPSA) is 66.5 Å².